The van der Waals surface area contributed by atoms with Gasteiger partial charge in [-0.05, 0) is 30.0 Å². The standard InChI is InChI=1S/C14H22FNO2/c1-10(2)6-13(9-17)16-8-14(18)11-4-3-5-12(15)7-11/h3-5,7,10,13-14,16-18H,6,8-9H2,1-2H3. The number of halogens is 1. The lowest BCUT2D eigenvalue weighted by Crippen LogP contribution is -2.36. The fourth-order valence-electron chi connectivity index (χ4n) is 1.90. The van der Waals surface area contributed by atoms with Crippen LogP contribution in [0.3, 0.4) is 0 Å². The molecule has 0 fully saturated rings. The average molecular weight is 255 g/mol. The predicted octanol–water partition coefficient (Wildman–Crippen LogP) is 1.86. The minimum absolute atomic E-state index is 0.0341. The molecule has 1 aromatic carbocycles. The molecule has 102 valence electrons. The summed E-state index contributed by atoms with van der Waals surface area (Å²) >= 11 is 0. The maximum Gasteiger partial charge on any atom is 0.123 e. The first-order chi connectivity index (χ1) is 8.52. The third-order valence-electron chi connectivity index (χ3n) is 2.81. The van der Waals surface area contributed by atoms with Crippen LogP contribution >= 0.6 is 0 Å². The number of aliphatic hydroxyl groups is 2. The fourth-order valence-corrected chi connectivity index (χ4v) is 1.90. The molecule has 18 heavy (non-hydrogen) atoms. The van der Waals surface area contributed by atoms with E-state index in [0.29, 0.717) is 18.0 Å². The minimum atomic E-state index is -0.762. The second-order valence-corrected chi connectivity index (χ2v) is 4.99. The zero-order valence-electron chi connectivity index (χ0n) is 10.9. The minimum Gasteiger partial charge on any atom is -0.395 e. The average Bonchev–Trinajstić information content (AvgIpc) is 2.33. The number of hydrogen-bond donors (Lipinski definition) is 3. The smallest absolute Gasteiger partial charge is 0.123 e. The lowest BCUT2D eigenvalue weighted by molar-refractivity contribution is 0.153. The van der Waals surface area contributed by atoms with E-state index in [1.54, 1.807) is 12.1 Å². The van der Waals surface area contributed by atoms with Crippen LogP contribution in [0.25, 0.3) is 0 Å². The Morgan fingerprint density at radius 3 is 2.61 bits per heavy atom. The van der Waals surface area contributed by atoms with Gasteiger partial charge in [0.25, 0.3) is 0 Å². The van der Waals surface area contributed by atoms with Crippen LogP contribution in [0.15, 0.2) is 24.3 Å². The van der Waals surface area contributed by atoms with Crippen LogP contribution in [-0.2, 0) is 0 Å². The maximum absolute atomic E-state index is 13.0. The van der Waals surface area contributed by atoms with Gasteiger partial charge in [0.05, 0.1) is 12.7 Å². The Balaban J connectivity index is 2.47. The molecule has 2 unspecified atom stereocenters. The third kappa shape index (κ3) is 5.12. The summed E-state index contributed by atoms with van der Waals surface area (Å²) in [4.78, 5) is 0. The number of aliphatic hydroxyl groups excluding tert-OH is 2. The van der Waals surface area contributed by atoms with Crippen LogP contribution in [0.5, 0.6) is 0 Å². The molecule has 0 aliphatic heterocycles. The van der Waals surface area contributed by atoms with Crippen molar-refractivity contribution < 1.29 is 14.6 Å². The van der Waals surface area contributed by atoms with Crippen LogP contribution < -0.4 is 5.32 Å². The molecule has 0 aliphatic rings. The molecule has 0 amide bonds. The molecular weight excluding hydrogens is 233 g/mol. The molecule has 1 rings (SSSR count). The van der Waals surface area contributed by atoms with E-state index in [0.717, 1.165) is 6.42 Å². The van der Waals surface area contributed by atoms with Gasteiger partial charge in [0.1, 0.15) is 5.82 Å². The van der Waals surface area contributed by atoms with Crippen LogP contribution in [0.2, 0.25) is 0 Å². The quantitative estimate of drug-likeness (QED) is 0.697. The molecule has 1 aromatic rings. The Morgan fingerprint density at radius 1 is 1.33 bits per heavy atom. The number of hydrogen-bond acceptors (Lipinski definition) is 3. The van der Waals surface area contributed by atoms with Gasteiger partial charge in [-0.1, -0.05) is 26.0 Å². The van der Waals surface area contributed by atoms with Crippen molar-refractivity contribution in [2.24, 2.45) is 5.92 Å². The van der Waals surface area contributed by atoms with Gasteiger partial charge in [0, 0.05) is 12.6 Å². The molecule has 0 heterocycles. The highest BCUT2D eigenvalue weighted by Crippen LogP contribution is 2.14. The van der Waals surface area contributed by atoms with Gasteiger partial charge in [-0.25, -0.2) is 4.39 Å². The molecule has 2 atom stereocenters. The first kappa shape index (κ1) is 15.1. The molecule has 3 N–H and O–H groups in total. The van der Waals surface area contributed by atoms with Crippen molar-refractivity contribution in [3.8, 4) is 0 Å². The first-order valence-electron chi connectivity index (χ1n) is 6.30. The molecule has 0 bridgehead atoms. The SMILES string of the molecule is CC(C)CC(CO)NCC(O)c1cccc(F)c1. The first-order valence-corrected chi connectivity index (χ1v) is 6.30. The summed E-state index contributed by atoms with van der Waals surface area (Å²) in [5, 5.41) is 22.2. The van der Waals surface area contributed by atoms with E-state index in [1.165, 1.54) is 12.1 Å². The van der Waals surface area contributed by atoms with Crippen molar-refractivity contribution >= 4 is 0 Å². The zero-order chi connectivity index (χ0) is 13.5. The maximum atomic E-state index is 13.0. The van der Waals surface area contributed by atoms with Crippen molar-refractivity contribution in [3.63, 3.8) is 0 Å². The molecule has 0 spiro atoms. The summed E-state index contributed by atoms with van der Waals surface area (Å²) in [6, 6.07) is 5.90. The summed E-state index contributed by atoms with van der Waals surface area (Å²) in [6.07, 6.45) is 0.0775. The normalized spacial score (nSPS) is 14.8. The number of rotatable bonds is 7. The highest BCUT2D eigenvalue weighted by molar-refractivity contribution is 5.18. The monoisotopic (exact) mass is 255 g/mol. The van der Waals surface area contributed by atoms with E-state index in [9.17, 15) is 14.6 Å². The Morgan fingerprint density at radius 2 is 2.06 bits per heavy atom. The molecular formula is C14H22FNO2. The molecule has 0 aromatic heterocycles. The molecule has 4 heteroatoms. The van der Waals surface area contributed by atoms with Gasteiger partial charge >= 0.3 is 0 Å². The van der Waals surface area contributed by atoms with Gasteiger partial charge in [0.15, 0.2) is 0 Å². The Kier molecular flexibility index (Phi) is 6.25. The molecule has 0 saturated heterocycles. The van der Waals surface area contributed by atoms with Crippen molar-refractivity contribution in [1.82, 2.24) is 5.32 Å². The molecule has 3 nitrogen and oxygen atoms in total. The summed E-state index contributed by atoms with van der Waals surface area (Å²) in [6.45, 7) is 4.50. The Labute approximate surface area is 108 Å². The summed E-state index contributed by atoms with van der Waals surface area (Å²) in [5.74, 6) is 0.119. The van der Waals surface area contributed by atoms with Gasteiger partial charge in [-0.2, -0.15) is 0 Å². The number of benzene rings is 1. The topological polar surface area (TPSA) is 52.5 Å². The van der Waals surface area contributed by atoms with Crippen LogP contribution in [0.4, 0.5) is 4.39 Å². The van der Waals surface area contributed by atoms with Crippen LogP contribution in [0, 0.1) is 11.7 Å². The van der Waals surface area contributed by atoms with E-state index in [-0.39, 0.29) is 18.5 Å². The molecule has 0 saturated carbocycles. The van der Waals surface area contributed by atoms with Crippen molar-refractivity contribution in [2.75, 3.05) is 13.2 Å². The van der Waals surface area contributed by atoms with Gasteiger partial charge in [-0.15, -0.1) is 0 Å². The Hall–Kier alpha value is -0.970. The zero-order valence-corrected chi connectivity index (χ0v) is 10.9. The van der Waals surface area contributed by atoms with Crippen molar-refractivity contribution in [2.45, 2.75) is 32.4 Å². The van der Waals surface area contributed by atoms with Crippen LogP contribution in [0.1, 0.15) is 31.9 Å². The van der Waals surface area contributed by atoms with Gasteiger partial charge in [0.2, 0.25) is 0 Å². The van der Waals surface area contributed by atoms with E-state index in [4.69, 9.17) is 0 Å². The highest BCUT2D eigenvalue weighted by Gasteiger charge is 2.13. The van der Waals surface area contributed by atoms with Crippen molar-refractivity contribution in [1.29, 1.82) is 0 Å². The van der Waals surface area contributed by atoms with E-state index in [1.807, 2.05) is 0 Å². The summed E-state index contributed by atoms with van der Waals surface area (Å²) < 4.78 is 13.0. The Bertz CT molecular complexity index is 357. The van der Waals surface area contributed by atoms with E-state index >= 15 is 0 Å². The highest BCUT2D eigenvalue weighted by atomic mass is 19.1. The second-order valence-electron chi connectivity index (χ2n) is 4.99. The lowest BCUT2D eigenvalue weighted by atomic mass is 10.0. The van der Waals surface area contributed by atoms with Gasteiger partial charge in [-0.3, -0.25) is 0 Å². The predicted molar refractivity (Wildman–Crippen MR) is 69.7 cm³/mol. The van der Waals surface area contributed by atoms with Crippen molar-refractivity contribution in [3.05, 3.63) is 35.6 Å². The summed E-state index contributed by atoms with van der Waals surface area (Å²) in [5.41, 5.74) is 0.545. The van der Waals surface area contributed by atoms with E-state index in [2.05, 4.69) is 19.2 Å². The lowest BCUT2D eigenvalue weighted by Gasteiger charge is -2.20. The fraction of sp³-hybridized carbons (Fsp3) is 0.571. The van der Waals surface area contributed by atoms with Gasteiger partial charge < -0.3 is 15.5 Å². The van der Waals surface area contributed by atoms with E-state index < -0.39 is 6.10 Å². The third-order valence-corrected chi connectivity index (χ3v) is 2.81. The number of nitrogens with one attached hydrogen (secondary N) is 1. The summed E-state index contributed by atoms with van der Waals surface area (Å²) in [7, 11) is 0. The second kappa shape index (κ2) is 7.46. The molecule has 0 radical (unpaired) electrons. The largest absolute Gasteiger partial charge is 0.395 e. The van der Waals surface area contributed by atoms with Crippen LogP contribution in [-0.4, -0.2) is 29.4 Å². The molecule has 0 aliphatic carbocycles.